The van der Waals surface area contributed by atoms with Gasteiger partial charge < -0.3 is 13.9 Å². The minimum Gasteiger partial charge on any atom is -0.368 e. The van der Waals surface area contributed by atoms with E-state index in [0.29, 0.717) is 32.1 Å². The predicted molar refractivity (Wildman–Crippen MR) is 101 cm³/mol. The van der Waals surface area contributed by atoms with Gasteiger partial charge in [0.15, 0.2) is 0 Å². The normalized spacial score (nSPS) is 19.1. The molecule has 8 nitrogen and oxygen atoms in total. The summed E-state index contributed by atoms with van der Waals surface area (Å²) >= 11 is 0. The SMILES string of the molecule is Cn1ccnc1S(=O)(=O)N1CCN(c2ccc3nc(C4CC4)cn3c2)CC1. The number of sulfonamides is 1. The number of hydrogen-bond donors (Lipinski definition) is 0. The third-order valence-corrected chi connectivity index (χ3v) is 7.30. The number of pyridine rings is 1. The van der Waals surface area contributed by atoms with Crippen LogP contribution in [0.15, 0.2) is 42.1 Å². The van der Waals surface area contributed by atoms with Crippen LogP contribution in [0.4, 0.5) is 5.69 Å². The summed E-state index contributed by atoms with van der Waals surface area (Å²) in [5, 5.41) is 0.100. The fraction of sp³-hybridized carbons (Fsp3) is 0.444. The molecule has 2 fully saturated rings. The Bertz CT molecular complexity index is 1090. The lowest BCUT2D eigenvalue weighted by Gasteiger charge is -2.35. The monoisotopic (exact) mass is 386 g/mol. The predicted octanol–water partition coefficient (Wildman–Crippen LogP) is 1.46. The van der Waals surface area contributed by atoms with Crippen LogP contribution in [0.25, 0.3) is 5.65 Å². The standard InChI is InChI=1S/C18H22N6O2S/c1-21-7-6-19-18(21)27(25,26)24-10-8-22(9-11-24)15-4-5-17-20-16(14-2-3-14)13-23(17)12-15/h4-7,12-14H,2-3,8-11H2,1H3. The Morgan fingerprint density at radius 3 is 2.52 bits per heavy atom. The van der Waals surface area contributed by atoms with Gasteiger partial charge in [-0.25, -0.2) is 18.4 Å². The molecule has 0 N–H and O–H groups in total. The number of hydrogen-bond acceptors (Lipinski definition) is 5. The van der Waals surface area contributed by atoms with Crippen molar-refractivity contribution in [3.63, 3.8) is 0 Å². The first kappa shape index (κ1) is 16.8. The number of rotatable bonds is 4. The Hall–Kier alpha value is -2.39. The van der Waals surface area contributed by atoms with Gasteiger partial charge in [-0.3, -0.25) is 0 Å². The van der Waals surface area contributed by atoms with Gasteiger partial charge in [0.05, 0.1) is 11.4 Å². The molecule has 4 heterocycles. The summed E-state index contributed by atoms with van der Waals surface area (Å²) in [5.74, 6) is 0.633. The zero-order chi connectivity index (χ0) is 18.6. The van der Waals surface area contributed by atoms with Gasteiger partial charge >= 0.3 is 0 Å². The summed E-state index contributed by atoms with van der Waals surface area (Å²) in [6.45, 7) is 2.20. The second-order valence-corrected chi connectivity index (χ2v) is 9.14. The van der Waals surface area contributed by atoms with Crippen LogP contribution in [0.2, 0.25) is 0 Å². The summed E-state index contributed by atoms with van der Waals surface area (Å²) in [6.07, 6.45) is 9.86. The molecular weight excluding hydrogens is 364 g/mol. The van der Waals surface area contributed by atoms with Gasteiger partial charge in [-0.15, -0.1) is 0 Å². The molecule has 9 heteroatoms. The van der Waals surface area contributed by atoms with Gasteiger partial charge in [-0.05, 0) is 25.0 Å². The van der Waals surface area contributed by atoms with E-state index in [-0.39, 0.29) is 5.16 Å². The summed E-state index contributed by atoms with van der Waals surface area (Å²) in [4.78, 5) is 10.9. The molecule has 3 aromatic rings. The Morgan fingerprint density at radius 2 is 1.85 bits per heavy atom. The van der Waals surface area contributed by atoms with E-state index in [2.05, 4.69) is 37.7 Å². The van der Waals surface area contributed by atoms with Gasteiger partial charge in [0.2, 0.25) is 5.16 Å². The maximum atomic E-state index is 12.8. The summed E-state index contributed by atoms with van der Waals surface area (Å²) in [7, 11) is -1.84. The highest BCUT2D eigenvalue weighted by Gasteiger charge is 2.31. The zero-order valence-corrected chi connectivity index (χ0v) is 16.0. The van der Waals surface area contributed by atoms with Crippen molar-refractivity contribution in [1.29, 1.82) is 0 Å². The molecular formula is C18H22N6O2S. The molecule has 142 valence electrons. The Balaban J connectivity index is 1.33. The van der Waals surface area contributed by atoms with Crippen molar-refractivity contribution >= 4 is 21.4 Å². The van der Waals surface area contributed by atoms with E-state index in [4.69, 9.17) is 0 Å². The molecule has 0 unspecified atom stereocenters. The van der Waals surface area contributed by atoms with Crippen molar-refractivity contribution in [2.45, 2.75) is 23.9 Å². The van der Waals surface area contributed by atoms with E-state index < -0.39 is 10.0 Å². The lowest BCUT2D eigenvalue weighted by atomic mass is 10.3. The van der Waals surface area contributed by atoms with E-state index in [1.54, 1.807) is 17.8 Å². The van der Waals surface area contributed by atoms with Crippen LogP contribution in [-0.2, 0) is 17.1 Å². The van der Waals surface area contributed by atoms with Crippen molar-refractivity contribution in [2.24, 2.45) is 7.05 Å². The third kappa shape index (κ3) is 2.90. The quantitative estimate of drug-likeness (QED) is 0.679. The largest absolute Gasteiger partial charge is 0.368 e. The van der Waals surface area contributed by atoms with E-state index >= 15 is 0 Å². The number of nitrogens with zero attached hydrogens (tertiary/aromatic N) is 6. The average molecular weight is 386 g/mol. The second kappa shape index (κ2) is 6.07. The van der Waals surface area contributed by atoms with Crippen LogP contribution < -0.4 is 4.90 Å². The van der Waals surface area contributed by atoms with Crippen LogP contribution in [0, 0.1) is 0 Å². The number of aromatic nitrogens is 4. The van der Waals surface area contributed by atoms with E-state index in [9.17, 15) is 8.42 Å². The van der Waals surface area contributed by atoms with Gasteiger partial charge in [0.25, 0.3) is 10.0 Å². The Labute approximate surface area is 158 Å². The molecule has 1 saturated carbocycles. The molecule has 0 bridgehead atoms. The minimum atomic E-state index is -3.55. The minimum absolute atomic E-state index is 0.100. The number of imidazole rings is 2. The lowest BCUT2D eigenvalue weighted by Crippen LogP contribution is -2.49. The van der Waals surface area contributed by atoms with Crippen LogP contribution in [-0.4, -0.2) is 57.8 Å². The van der Waals surface area contributed by atoms with Gasteiger partial charge in [-0.2, -0.15) is 4.31 Å². The number of piperazine rings is 1. The topological polar surface area (TPSA) is 75.7 Å². The molecule has 0 aromatic carbocycles. The number of anilines is 1. The van der Waals surface area contributed by atoms with Gasteiger partial charge in [-0.1, -0.05) is 0 Å². The Kier molecular flexibility index (Phi) is 3.76. The molecule has 0 atom stereocenters. The molecule has 1 saturated heterocycles. The average Bonchev–Trinajstić information content (AvgIpc) is 3.28. The third-order valence-electron chi connectivity index (χ3n) is 5.40. The van der Waals surface area contributed by atoms with E-state index in [1.165, 1.54) is 29.0 Å². The molecule has 2 aliphatic rings. The molecule has 0 spiro atoms. The highest BCUT2D eigenvalue weighted by atomic mass is 32.2. The smallest absolute Gasteiger partial charge is 0.277 e. The highest BCUT2D eigenvalue weighted by molar-refractivity contribution is 7.89. The fourth-order valence-electron chi connectivity index (χ4n) is 3.67. The van der Waals surface area contributed by atoms with E-state index in [1.807, 2.05) is 6.07 Å². The molecule has 27 heavy (non-hydrogen) atoms. The lowest BCUT2D eigenvalue weighted by molar-refractivity contribution is 0.379. The van der Waals surface area contributed by atoms with E-state index in [0.717, 1.165) is 11.3 Å². The first-order valence-corrected chi connectivity index (χ1v) is 10.7. The maximum absolute atomic E-state index is 12.8. The molecule has 0 amide bonds. The fourth-order valence-corrected chi connectivity index (χ4v) is 5.16. The first-order valence-electron chi connectivity index (χ1n) is 9.23. The van der Waals surface area contributed by atoms with Crippen molar-refractivity contribution in [1.82, 2.24) is 23.2 Å². The van der Waals surface area contributed by atoms with Gasteiger partial charge in [0.1, 0.15) is 5.65 Å². The molecule has 3 aromatic heterocycles. The van der Waals surface area contributed by atoms with Crippen LogP contribution >= 0.6 is 0 Å². The maximum Gasteiger partial charge on any atom is 0.277 e. The first-order chi connectivity index (χ1) is 13.0. The van der Waals surface area contributed by atoms with Crippen LogP contribution in [0.5, 0.6) is 0 Å². The Morgan fingerprint density at radius 1 is 1.07 bits per heavy atom. The summed E-state index contributed by atoms with van der Waals surface area (Å²) < 4.78 is 30.7. The number of fused-ring (bicyclic) bond motifs is 1. The summed E-state index contributed by atoms with van der Waals surface area (Å²) in [5.41, 5.74) is 3.24. The van der Waals surface area contributed by atoms with Gasteiger partial charge in [0, 0.05) is 63.9 Å². The van der Waals surface area contributed by atoms with Crippen molar-refractivity contribution in [2.75, 3.05) is 31.1 Å². The molecule has 5 rings (SSSR count). The van der Waals surface area contributed by atoms with Crippen molar-refractivity contribution < 1.29 is 8.42 Å². The van der Waals surface area contributed by atoms with Crippen molar-refractivity contribution in [3.05, 3.63) is 42.6 Å². The summed E-state index contributed by atoms with van der Waals surface area (Å²) in [6, 6.07) is 4.11. The molecule has 1 aliphatic heterocycles. The van der Waals surface area contributed by atoms with Crippen molar-refractivity contribution in [3.8, 4) is 0 Å². The molecule has 0 radical (unpaired) electrons. The zero-order valence-electron chi connectivity index (χ0n) is 15.2. The molecule has 1 aliphatic carbocycles. The van der Waals surface area contributed by atoms with Crippen LogP contribution in [0.3, 0.4) is 0 Å². The van der Waals surface area contributed by atoms with Crippen LogP contribution in [0.1, 0.15) is 24.5 Å². The highest BCUT2D eigenvalue weighted by Crippen LogP contribution is 2.39. The number of aryl methyl sites for hydroxylation is 1. The second-order valence-electron chi connectivity index (χ2n) is 7.30.